The van der Waals surface area contributed by atoms with Gasteiger partial charge in [-0.1, -0.05) is 0 Å². The van der Waals surface area contributed by atoms with Crippen LogP contribution in [0.5, 0.6) is 5.88 Å². The van der Waals surface area contributed by atoms with E-state index in [2.05, 4.69) is 19.9 Å². The molecule has 118 valence electrons. The largest absolute Gasteiger partial charge is 0.474 e. The minimum Gasteiger partial charge on any atom is -0.474 e. The van der Waals surface area contributed by atoms with E-state index in [0.29, 0.717) is 17.9 Å². The molecule has 1 saturated carbocycles. The molecule has 4 aliphatic rings. The standard InChI is InChI=1S/C18H20N4O/c1-2-17(21-7-13(1)16-5-19-11-20-6-16)23-18-14-3-12-4-15(18)10-22(8-12)9-14/h1-2,5-7,11-12,14-15,18H,3-4,8-10H2. The van der Waals surface area contributed by atoms with Crippen molar-refractivity contribution < 1.29 is 4.74 Å². The summed E-state index contributed by atoms with van der Waals surface area (Å²) in [6, 6.07) is 4.02. The summed E-state index contributed by atoms with van der Waals surface area (Å²) in [5.41, 5.74) is 2.00. The Hall–Kier alpha value is -2.01. The second kappa shape index (κ2) is 5.27. The minimum atomic E-state index is 0.348. The maximum Gasteiger partial charge on any atom is 0.213 e. The highest BCUT2D eigenvalue weighted by Crippen LogP contribution is 2.44. The van der Waals surface area contributed by atoms with Crippen LogP contribution in [0.3, 0.4) is 0 Å². The van der Waals surface area contributed by atoms with Crippen molar-refractivity contribution in [3.63, 3.8) is 0 Å². The molecule has 1 aliphatic carbocycles. The van der Waals surface area contributed by atoms with Gasteiger partial charge >= 0.3 is 0 Å². The van der Waals surface area contributed by atoms with Crippen LogP contribution in [-0.4, -0.2) is 45.6 Å². The lowest BCUT2D eigenvalue weighted by atomic mass is 9.66. The third kappa shape index (κ3) is 2.39. The summed E-state index contributed by atoms with van der Waals surface area (Å²) in [6.07, 6.45) is 10.0. The van der Waals surface area contributed by atoms with Gasteiger partial charge in [-0.25, -0.2) is 15.0 Å². The highest BCUT2D eigenvalue weighted by Gasteiger charge is 2.48. The molecule has 0 radical (unpaired) electrons. The molecule has 2 unspecified atom stereocenters. The SMILES string of the molecule is c1ncc(-c2ccc(OC3C4CC5CC3CN(C5)C4)nc2)cn1. The number of ether oxygens (including phenoxy) is 1. The number of nitrogens with zero attached hydrogens (tertiary/aromatic N) is 4. The van der Waals surface area contributed by atoms with Gasteiger partial charge in [0.1, 0.15) is 12.4 Å². The van der Waals surface area contributed by atoms with E-state index in [-0.39, 0.29) is 0 Å². The summed E-state index contributed by atoms with van der Waals surface area (Å²) in [4.78, 5) is 15.2. The van der Waals surface area contributed by atoms with E-state index in [4.69, 9.17) is 4.74 Å². The molecule has 0 amide bonds. The number of hydrogen-bond donors (Lipinski definition) is 0. The van der Waals surface area contributed by atoms with E-state index < -0.39 is 0 Å². The van der Waals surface area contributed by atoms with Crippen LogP contribution in [0, 0.1) is 17.8 Å². The first-order chi connectivity index (χ1) is 11.3. The van der Waals surface area contributed by atoms with Gasteiger partial charge in [0.15, 0.2) is 0 Å². The van der Waals surface area contributed by atoms with Gasteiger partial charge in [0.05, 0.1) is 0 Å². The van der Waals surface area contributed by atoms with Crippen molar-refractivity contribution in [3.8, 4) is 17.0 Å². The van der Waals surface area contributed by atoms with E-state index in [1.165, 1.54) is 38.8 Å². The molecule has 0 spiro atoms. The van der Waals surface area contributed by atoms with Gasteiger partial charge in [0, 0.05) is 67.3 Å². The molecule has 2 aromatic heterocycles. The Balaban J connectivity index is 1.33. The third-order valence-electron chi connectivity index (χ3n) is 5.59. The van der Waals surface area contributed by atoms with Crippen LogP contribution >= 0.6 is 0 Å². The van der Waals surface area contributed by atoms with Gasteiger partial charge in [-0.05, 0) is 24.8 Å². The second-order valence-corrected chi connectivity index (χ2v) is 7.17. The van der Waals surface area contributed by atoms with Crippen LogP contribution in [0.4, 0.5) is 0 Å². The fourth-order valence-corrected chi connectivity index (χ4v) is 4.76. The van der Waals surface area contributed by atoms with E-state index >= 15 is 0 Å². The van der Waals surface area contributed by atoms with Crippen molar-refractivity contribution in [1.82, 2.24) is 19.9 Å². The molecule has 3 saturated heterocycles. The van der Waals surface area contributed by atoms with Crippen LogP contribution in [0.15, 0.2) is 37.1 Å². The molecular formula is C18H20N4O. The van der Waals surface area contributed by atoms with Gasteiger partial charge < -0.3 is 9.64 Å². The molecule has 0 aromatic carbocycles. The maximum absolute atomic E-state index is 6.31. The Bertz CT molecular complexity index is 660. The lowest BCUT2D eigenvalue weighted by Gasteiger charge is -2.55. The molecule has 6 rings (SSSR count). The molecule has 2 aromatic rings. The van der Waals surface area contributed by atoms with Crippen molar-refractivity contribution >= 4 is 0 Å². The van der Waals surface area contributed by atoms with E-state index in [9.17, 15) is 0 Å². The first-order valence-electron chi connectivity index (χ1n) is 8.45. The molecule has 2 atom stereocenters. The summed E-state index contributed by atoms with van der Waals surface area (Å²) >= 11 is 0. The molecule has 4 fully saturated rings. The Morgan fingerprint density at radius 1 is 0.913 bits per heavy atom. The lowest BCUT2D eigenvalue weighted by Crippen LogP contribution is -2.61. The molecule has 4 bridgehead atoms. The quantitative estimate of drug-likeness (QED) is 0.870. The lowest BCUT2D eigenvalue weighted by molar-refractivity contribution is -0.0997. The monoisotopic (exact) mass is 308 g/mol. The van der Waals surface area contributed by atoms with E-state index in [1.807, 2.05) is 18.3 Å². The maximum atomic E-state index is 6.31. The highest BCUT2D eigenvalue weighted by molar-refractivity contribution is 5.60. The van der Waals surface area contributed by atoms with Gasteiger partial charge in [-0.2, -0.15) is 0 Å². The minimum absolute atomic E-state index is 0.348. The second-order valence-electron chi connectivity index (χ2n) is 7.17. The summed E-state index contributed by atoms with van der Waals surface area (Å²) in [6.45, 7) is 3.72. The Morgan fingerprint density at radius 2 is 1.70 bits per heavy atom. The molecular weight excluding hydrogens is 288 g/mol. The number of rotatable bonds is 3. The zero-order chi connectivity index (χ0) is 15.2. The number of hydrogen-bond acceptors (Lipinski definition) is 5. The van der Waals surface area contributed by atoms with Crippen LogP contribution in [0.1, 0.15) is 12.8 Å². The van der Waals surface area contributed by atoms with Crippen LogP contribution in [-0.2, 0) is 0 Å². The normalized spacial score (nSPS) is 34.5. The van der Waals surface area contributed by atoms with Crippen LogP contribution in [0.2, 0.25) is 0 Å². The van der Waals surface area contributed by atoms with Gasteiger partial charge in [-0.15, -0.1) is 0 Å². The Labute approximate surface area is 135 Å². The Morgan fingerprint density at radius 3 is 2.35 bits per heavy atom. The average Bonchev–Trinajstić information content (AvgIpc) is 2.59. The van der Waals surface area contributed by atoms with Crippen molar-refractivity contribution in [2.24, 2.45) is 17.8 Å². The zero-order valence-corrected chi connectivity index (χ0v) is 13.0. The number of pyridine rings is 1. The Kier molecular flexibility index (Phi) is 3.08. The van der Waals surface area contributed by atoms with Gasteiger partial charge in [0.25, 0.3) is 0 Å². The third-order valence-corrected chi connectivity index (χ3v) is 5.59. The topological polar surface area (TPSA) is 51.1 Å². The smallest absolute Gasteiger partial charge is 0.213 e. The molecule has 3 aliphatic heterocycles. The predicted molar refractivity (Wildman–Crippen MR) is 85.8 cm³/mol. The van der Waals surface area contributed by atoms with Crippen molar-refractivity contribution in [2.75, 3.05) is 19.6 Å². The van der Waals surface area contributed by atoms with Crippen LogP contribution in [0.25, 0.3) is 11.1 Å². The zero-order valence-electron chi connectivity index (χ0n) is 13.0. The average molecular weight is 308 g/mol. The van der Waals surface area contributed by atoms with Crippen LogP contribution < -0.4 is 4.74 Å². The van der Waals surface area contributed by atoms with E-state index in [0.717, 1.165) is 22.9 Å². The summed E-state index contributed by atoms with van der Waals surface area (Å²) in [7, 11) is 0. The molecule has 0 N–H and O–H groups in total. The van der Waals surface area contributed by atoms with E-state index in [1.54, 1.807) is 12.4 Å². The molecule has 5 heteroatoms. The van der Waals surface area contributed by atoms with Crippen molar-refractivity contribution in [2.45, 2.75) is 18.9 Å². The van der Waals surface area contributed by atoms with Gasteiger partial charge in [-0.3, -0.25) is 0 Å². The summed E-state index contributed by atoms with van der Waals surface area (Å²) in [5.74, 6) is 3.02. The van der Waals surface area contributed by atoms with Gasteiger partial charge in [0.2, 0.25) is 5.88 Å². The fourth-order valence-electron chi connectivity index (χ4n) is 4.76. The highest BCUT2D eigenvalue weighted by atomic mass is 16.5. The molecule has 23 heavy (non-hydrogen) atoms. The first kappa shape index (κ1) is 13.4. The molecule has 5 heterocycles. The summed E-state index contributed by atoms with van der Waals surface area (Å²) < 4.78 is 6.31. The first-order valence-corrected chi connectivity index (χ1v) is 8.45. The molecule has 5 nitrogen and oxygen atoms in total. The number of piperidine rings is 3. The fraction of sp³-hybridized carbons (Fsp3) is 0.500. The van der Waals surface area contributed by atoms with Crippen molar-refractivity contribution in [3.05, 3.63) is 37.1 Å². The van der Waals surface area contributed by atoms with Crippen molar-refractivity contribution in [1.29, 1.82) is 0 Å². The number of aromatic nitrogens is 3. The summed E-state index contributed by atoms with van der Waals surface area (Å²) in [5, 5.41) is 0. The predicted octanol–water partition coefficient (Wildman–Crippen LogP) is 2.26.